The number of aryl methyl sites for hydroxylation is 1. The second-order valence-electron chi connectivity index (χ2n) is 4.73. The molecule has 4 N–H and O–H groups in total. The molecular weight excluding hydrogens is 294 g/mol. The summed E-state index contributed by atoms with van der Waals surface area (Å²) in [7, 11) is 0. The van der Waals surface area contributed by atoms with E-state index in [-0.39, 0.29) is 6.04 Å². The molecule has 2 aromatic rings. The van der Waals surface area contributed by atoms with Gasteiger partial charge in [-0.25, -0.2) is 4.79 Å². The molecule has 1 atom stereocenters. The summed E-state index contributed by atoms with van der Waals surface area (Å²) in [4.78, 5) is 12.2. The molecule has 0 aliphatic heterocycles. The van der Waals surface area contributed by atoms with E-state index >= 15 is 0 Å². The molecule has 1 heterocycles. The molecule has 20 heavy (non-hydrogen) atoms. The van der Waals surface area contributed by atoms with Crippen LogP contribution in [0.3, 0.4) is 0 Å². The van der Waals surface area contributed by atoms with Crippen LogP contribution >= 0.6 is 22.9 Å². The minimum absolute atomic E-state index is 0.276. The number of urea groups is 1. The highest BCUT2D eigenvalue weighted by Crippen LogP contribution is 2.41. The third kappa shape index (κ3) is 2.73. The largest absolute Gasteiger partial charge is 0.378 e. The molecule has 1 unspecified atom stereocenters. The van der Waals surface area contributed by atoms with Gasteiger partial charge in [0.1, 0.15) is 0 Å². The van der Waals surface area contributed by atoms with E-state index in [2.05, 4.69) is 10.6 Å². The van der Waals surface area contributed by atoms with Gasteiger partial charge >= 0.3 is 6.03 Å². The summed E-state index contributed by atoms with van der Waals surface area (Å²) in [6.07, 6.45) is 2.12. The zero-order valence-corrected chi connectivity index (χ0v) is 12.2. The lowest BCUT2D eigenvalue weighted by Gasteiger charge is -2.15. The molecule has 0 saturated carbocycles. The van der Waals surface area contributed by atoms with E-state index in [0.717, 1.165) is 22.9 Å². The summed E-state index contributed by atoms with van der Waals surface area (Å²) in [5, 5.41) is 6.05. The van der Waals surface area contributed by atoms with Gasteiger partial charge in [0.15, 0.2) is 0 Å². The summed E-state index contributed by atoms with van der Waals surface area (Å²) in [6.45, 7) is 0. The lowest BCUT2D eigenvalue weighted by atomic mass is 10.1. The number of hydrogen-bond donors (Lipinski definition) is 3. The molecule has 0 spiro atoms. The van der Waals surface area contributed by atoms with Crippen molar-refractivity contribution in [3.63, 3.8) is 0 Å². The van der Waals surface area contributed by atoms with Crippen LogP contribution in [0.25, 0.3) is 0 Å². The maximum absolute atomic E-state index is 10.9. The van der Waals surface area contributed by atoms with Crippen LogP contribution in [0.15, 0.2) is 30.3 Å². The minimum atomic E-state index is -0.560. The van der Waals surface area contributed by atoms with Gasteiger partial charge in [-0.05, 0) is 42.7 Å². The Balaban J connectivity index is 1.77. The Morgan fingerprint density at radius 2 is 2.15 bits per heavy atom. The summed E-state index contributed by atoms with van der Waals surface area (Å²) in [5.74, 6) is 0. The van der Waals surface area contributed by atoms with E-state index < -0.39 is 6.03 Å². The molecule has 0 radical (unpaired) electrons. The number of hydrogen-bond acceptors (Lipinski definition) is 3. The van der Waals surface area contributed by atoms with E-state index in [1.807, 2.05) is 24.3 Å². The Bertz CT molecular complexity index is 656. The van der Waals surface area contributed by atoms with Crippen molar-refractivity contribution in [1.82, 2.24) is 0 Å². The van der Waals surface area contributed by atoms with Crippen molar-refractivity contribution in [3.8, 4) is 0 Å². The number of halogens is 1. The fraction of sp³-hybridized carbons (Fsp3) is 0.214. The van der Waals surface area contributed by atoms with Gasteiger partial charge in [-0.15, -0.1) is 11.3 Å². The Morgan fingerprint density at radius 1 is 1.35 bits per heavy atom. The van der Waals surface area contributed by atoms with Gasteiger partial charge in [0.2, 0.25) is 0 Å². The van der Waals surface area contributed by atoms with Crippen LogP contribution < -0.4 is 16.4 Å². The molecule has 3 rings (SSSR count). The van der Waals surface area contributed by atoms with E-state index in [0.29, 0.717) is 5.69 Å². The predicted octanol–water partition coefficient (Wildman–Crippen LogP) is 3.99. The fourth-order valence-electron chi connectivity index (χ4n) is 2.51. The molecule has 1 aromatic heterocycles. The molecule has 2 amide bonds. The molecular formula is C14H14ClN3OS. The van der Waals surface area contributed by atoms with Crippen molar-refractivity contribution in [3.05, 3.63) is 45.1 Å². The maximum atomic E-state index is 10.9. The number of benzene rings is 1. The van der Waals surface area contributed by atoms with Crippen molar-refractivity contribution in [2.45, 2.75) is 18.9 Å². The second kappa shape index (κ2) is 5.34. The maximum Gasteiger partial charge on any atom is 0.316 e. The first-order chi connectivity index (χ1) is 9.61. The number of rotatable bonds is 3. The lowest BCUT2D eigenvalue weighted by molar-refractivity contribution is 0.259. The van der Waals surface area contributed by atoms with Gasteiger partial charge in [0.05, 0.1) is 10.4 Å². The number of anilines is 2. The predicted molar refractivity (Wildman–Crippen MR) is 83.7 cm³/mol. The average Bonchev–Trinajstić information content (AvgIpc) is 2.90. The molecule has 1 aliphatic rings. The minimum Gasteiger partial charge on any atom is -0.378 e. The van der Waals surface area contributed by atoms with Gasteiger partial charge < -0.3 is 16.4 Å². The van der Waals surface area contributed by atoms with Crippen LogP contribution in [0.5, 0.6) is 0 Å². The van der Waals surface area contributed by atoms with Crippen LogP contribution in [-0.4, -0.2) is 6.03 Å². The van der Waals surface area contributed by atoms with Gasteiger partial charge in [-0.2, -0.15) is 0 Å². The number of nitrogens with one attached hydrogen (secondary N) is 2. The third-order valence-corrected chi connectivity index (χ3v) is 4.66. The third-order valence-electron chi connectivity index (χ3n) is 3.32. The quantitative estimate of drug-likeness (QED) is 0.802. The number of fused-ring (bicyclic) bond motifs is 1. The first-order valence-electron chi connectivity index (χ1n) is 6.33. The summed E-state index contributed by atoms with van der Waals surface area (Å²) in [6, 6.07) is 9.28. The molecule has 0 saturated heterocycles. The van der Waals surface area contributed by atoms with E-state index in [9.17, 15) is 4.79 Å². The highest BCUT2D eigenvalue weighted by Gasteiger charge is 2.24. The van der Waals surface area contributed by atoms with E-state index in [1.54, 1.807) is 17.4 Å². The smallest absolute Gasteiger partial charge is 0.316 e. The standard InChI is InChI=1S/C14H14ClN3OS/c15-13-7-10-11(4-5-12(10)20-13)17-8-2-1-3-9(6-8)18-14(16)19/h1-3,6-7,11,17H,4-5H2,(H3,16,18,19). The highest BCUT2D eigenvalue weighted by atomic mass is 35.5. The molecule has 1 aromatic carbocycles. The fourth-order valence-corrected chi connectivity index (χ4v) is 3.87. The van der Waals surface area contributed by atoms with Gasteiger partial charge in [-0.1, -0.05) is 17.7 Å². The Hall–Kier alpha value is -1.72. The molecule has 104 valence electrons. The summed E-state index contributed by atoms with van der Waals surface area (Å²) < 4.78 is 0.839. The van der Waals surface area contributed by atoms with Crippen molar-refractivity contribution in [2.75, 3.05) is 10.6 Å². The zero-order valence-electron chi connectivity index (χ0n) is 10.7. The number of carbonyl (C=O) groups is 1. The normalized spacial score (nSPS) is 16.8. The number of primary amides is 1. The van der Waals surface area contributed by atoms with Crippen molar-refractivity contribution in [1.29, 1.82) is 0 Å². The average molecular weight is 308 g/mol. The van der Waals surface area contributed by atoms with E-state index in [1.165, 1.54) is 10.4 Å². The Morgan fingerprint density at radius 3 is 2.95 bits per heavy atom. The van der Waals surface area contributed by atoms with Gasteiger partial charge in [0, 0.05) is 16.3 Å². The molecule has 1 aliphatic carbocycles. The molecule has 6 heteroatoms. The van der Waals surface area contributed by atoms with Crippen LogP contribution in [0, 0.1) is 0 Å². The van der Waals surface area contributed by atoms with Crippen LogP contribution in [0.1, 0.15) is 22.9 Å². The summed E-state index contributed by atoms with van der Waals surface area (Å²) in [5.41, 5.74) is 8.05. The van der Waals surface area contributed by atoms with Crippen LogP contribution in [0.2, 0.25) is 4.34 Å². The first-order valence-corrected chi connectivity index (χ1v) is 7.52. The highest BCUT2D eigenvalue weighted by molar-refractivity contribution is 7.16. The number of thiophene rings is 1. The van der Waals surface area contributed by atoms with Gasteiger partial charge in [0.25, 0.3) is 0 Å². The monoisotopic (exact) mass is 307 g/mol. The molecule has 0 fully saturated rings. The Labute approximate surface area is 125 Å². The summed E-state index contributed by atoms with van der Waals surface area (Å²) >= 11 is 7.71. The zero-order chi connectivity index (χ0) is 14.1. The van der Waals surface area contributed by atoms with E-state index in [4.69, 9.17) is 17.3 Å². The topological polar surface area (TPSA) is 67.2 Å². The van der Waals surface area contributed by atoms with Crippen LogP contribution in [0.4, 0.5) is 16.2 Å². The number of carbonyl (C=O) groups excluding carboxylic acids is 1. The molecule has 0 bridgehead atoms. The van der Waals surface area contributed by atoms with Crippen molar-refractivity contribution in [2.24, 2.45) is 5.73 Å². The number of nitrogens with two attached hydrogens (primary N) is 1. The Kier molecular flexibility index (Phi) is 3.54. The number of amides is 2. The van der Waals surface area contributed by atoms with Crippen molar-refractivity contribution >= 4 is 40.3 Å². The second-order valence-corrected chi connectivity index (χ2v) is 6.50. The lowest BCUT2D eigenvalue weighted by Crippen LogP contribution is -2.19. The van der Waals surface area contributed by atoms with Gasteiger partial charge in [-0.3, -0.25) is 0 Å². The molecule has 4 nitrogen and oxygen atoms in total. The SMILES string of the molecule is NC(=O)Nc1cccc(NC2CCc3sc(Cl)cc32)c1. The van der Waals surface area contributed by atoms with Crippen LogP contribution in [-0.2, 0) is 6.42 Å². The van der Waals surface area contributed by atoms with Crippen molar-refractivity contribution < 1.29 is 4.79 Å². The first kappa shape index (κ1) is 13.3.